The predicted molar refractivity (Wildman–Crippen MR) is 106 cm³/mol. The van der Waals surface area contributed by atoms with Crippen molar-refractivity contribution in [3.63, 3.8) is 0 Å². The van der Waals surface area contributed by atoms with Gasteiger partial charge in [0.25, 0.3) is 5.91 Å². The number of benzene rings is 1. The molecular weight excluding hydrogens is 391 g/mol. The zero-order valence-corrected chi connectivity index (χ0v) is 16.6. The van der Waals surface area contributed by atoms with Gasteiger partial charge in [-0.3, -0.25) is 9.59 Å². The van der Waals surface area contributed by atoms with Crippen LogP contribution in [0.5, 0.6) is 0 Å². The fraction of sp³-hybridized carbons (Fsp3) is 0.368. The Kier molecular flexibility index (Phi) is 6.57. The molecule has 1 saturated heterocycles. The zero-order chi connectivity index (χ0) is 18.5. The largest absolute Gasteiger partial charge is 0.339 e. The van der Waals surface area contributed by atoms with Crippen molar-refractivity contribution in [2.24, 2.45) is 0 Å². The van der Waals surface area contributed by atoms with Gasteiger partial charge in [-0.05, 0) is 24.5 Å². The van der Waals surface area contributed by atoms with Crippen LogP contribution in [0.2, 0.25) is 8.67 Å². The Hall–Kier alpha value is -1.56. The molecule has 2 aromatic rings. The number of carbonyl (C=O) groups is 2. The number of thiophene rings is 1. The summed E-state index contributed by atoms with van der Waals surface area (Å²) in [6.45, 7) is 2.16. The molecule has 0 spiro atoms. The Labute approximate surface area is 167 Å². The molecule has 7 heteroatoms. The molecule has 138 valence electrons. The van der Waals surface area contributed by atoms with E-state index in [9.17, 15) is 9.59 Å². The van der Waals surface area contributed by atoms with Crippen LogP contribution in [0, 0.1) is 0 Å². The monoisotopic (exact) mass is 410 g/mol. The summed E-state index contributed by atoms with van der Waals surface area (Å²) in [7, 11) is 0. The van der Waals surface area contributed by atoms with Crippen molar-refractivity contribution in [1.82, 2.24) is 9.80 Å². The molecule has 0 bridgehead atoms. The van der Waals surface area contributed by atoms with E-state index in [0.717, 1.165) is 12.8 Å². The normalized spacial score (nSPS) is 14.5. The van der Waals surface area contributed by atoms with Crippen LogP contribution in [-0.4, -0.2) is 47.8 Å². The molecule has 0 aliphatic carbocycles. The van der Waals surface area contributed by atoms with E-state index in [-0.39, 0.29) is 11.8 Å². The maximum atomic E-state index is 12.5. The summed E-state index contributed by atoms with van der Waals surface area (Å²) >= 11 is 13.2. The van der Waals surface area contributed by atoms with Gasteiger partial charge in [0.05, 0.1) is 9.90 Å². The van der Waals surface area contributed by atoms with Crippen molar-refractivity contribution in [3.05, 3.63) is 56.2 Å². The first-order chi connectivity index (χ1) is 12.5. The van der Waals surface area contributed by atoms with Gasteiger partial charge in [-0.2, -0.15) is 0 Å². The molecule has 0 radical (unpaired) electrons. The summed E-state index contributed by atoms with van der Waals surface area (Å²) in [6, 6.07) is 11.8. The van der Waals surface area contributed by atoms with Crippen LogP contribution < -0.4 is 0 Å². The summed E-state index contributed by atoms with van der Waals surface area (Å²) in [4.78, 5) is 28.5. The number of piperazine rings is 1. The summed E-state index contributed by atoms with van der Waals surface area (Å²) < 4.78 is 0.921. The molecule has 1 aromatic heterocycles. The fourth-order valence-electron chi connectivity index (χ4n) is 3.06. The maximum Gasteiger partial charge on any atom is 0.256 e. The summed E-state index contributed by atoms with van der Waals surface area (Å²) in [5, 5.41) is 0. The van der Waals surface area contributed by atoms with Crippen LogP contribution in [-0.2, 0) is 11.2 Å². The molecule has 1 aliphatic heterocycles. The minimum Gasteiger partial charge on any atom is -0.339 e. The molecule has 2 amide bonds. The minimum absolute atomic E-state index is 0.116. The standard InChI is InChI=1S/C19H20Cl2N2O2S/c20-16-13-15(18(21)26-16)19(25)23-11-9-22(10-12-23)17(24)8-4-7-14-5-2-1-3-6-14/h1-3,5-6,13H,4,7-12H2. The first-order valence-electron chi connectivity index (χ1n) is 8.60. The van der Waals surface area contributed by atoms with Crippen molar-refractivity contribution < 1.29 is 9.59 Å². The number of rotatable bonds is 5. The highest BCUT2D eigenvalue weighted by Crippen LogP contribution is 2.32. The number of hydrogen-bond donors (Lipinski definition) is 0. The SMILES string of the molecule is O=C(CCCc1ccccc1)N1CCN(C(=O)c2cc(Cl)sc2Cl)CC1. The Balaban J connectivity index is 1.45. The smallest absolute Gasteiger partial charge is 0.256 e. The second kappa shape index (κ2) is 8.89. The summed E-state index contributed by atoms with van der Waals surface area (Å²) in [5.41, 5.74) is 1.70. The first kappa shape index (κ1) is 19.2. The Morgan fingerprint density at radius 2 is 1.65 bits per heavy atom. The number of amides is 2. The van der Waals surface area contributed by atoms with Gasteiger partial charge in [0, 0.05) is 32.6 Å². The predicted octanol–water partition coefficient (Wildman–Crippen LogP) is 4.36. The molecule has 0 atom stereocenters. The third-order valence-corrected chi connectivity index (χ3v) is 5.99. The molecule has 0 saturated carbocycles. The lowest BCUT2D eigenvalue weighted by molar-refractivity contribution is -0.132. The average molecular weight is 411 g/mol. The molecule has 1 fully saturated rings. The number of aryl methyl sites for hydroxylation is 1. The molecule has 2 heterocycles. The quantitative estimate of drug-likeness (QED) is 0.734. The second-order valence-electron chi connectivity index (χ2n) is 6.25. The van der Waals surface area contributed by atoms with Crippen LogP contribution in [0.4, 0.5) is 0 Å². The van der Waals surface area contributed by atoms with Gasteiger partial charge in [0.15, 0.2) is 0 Å². The number of halogens is 2. The van der Waals surface area contributed by atoms with Crippen molar-refractivity contribution in [1.29, 1.82) is 0 Å². The number of nitrogens with zero attached hydrogens (tertiary/aromatic N) is 2. The van der Waals surface area contributed by atoms with E-state index in [2.05, 4.69) is 12.1 Å². The van der Waals surface area contributed by atoms with Gasteiger partial charge in [-0.1, -0.05) is 53.5 Å². The number of carbonyl (C=O) groups excluding carboxylic acids is 2. The van der Waals surface area contributed by atoms with Gasteiger partial charge in [0.1, 0.15) is 4.34 Å². The highest BCUT2D eigenvalue weighted by molar-refractivity contribution is 7.20. The van der Waals surface area contributed by atoms with Gasteiger partial charge >= 0.3 is 0 Å². The molecule has 0 unspecified atom stereocenters. The Morgan fingerprint density at radius 1 is 1.00 bits per heavy atom. The average Bonchev–Trinajstić information content (AvgIpc) is 3.00. The highest BCUT2D eigenvalue weighted by atomic mass is 35.5. The van der Waals surface area contributed by atoms with Crippen LogP contribution in [0.1, 0.15) is 28.8 Å². The summed E-state index contributed by atoms with van der Waals surface area (Å²) in [5.74, 6) is 0.0407. The molecular formula is C19H20Cl2N2O2S. The molecule has 3 rings (SSSR count). The Bertz CT molecular complexity index is 771. The van der Waals surface area contributed by atoms with Crippen LogP contribution in [0.25, 0.3) is 0 Å². The van der Waals surface area contributed by atoms with E-state index in [1.807, 2.05) is 23.1 Å². The van der Waals surface area contributed by atoms with E-state index in [4.69, 9.17) is 23.2 Å². The van der Waals surface area contributed by atoms with Gasteiger partial charge < -0.3 is 9.80 Å². The number of hydrogen-bond acceptors (Lipinski definition) is 3. The molecule has 1 aliphatic rings. The topological polar surface area (TPSA) is 40.6 Å². The van der Waals surface area contributed by atoms with Crippen molar-refractivity contribution >= 4 is 46.4 Å². The fourth-order valence-corrected chi connectivity index (χ4v) is 4.51. The van der Waals surface area contributed by atoms with Gasteiger partial charge in [-0.25, -0.2) is 0 Å². The lowest BCUT2D eigenvalue weighted by atomic mass is 10.1. The van der Waals surface area contributed by atoms with E-state index in [0.29, 0.717) is 46.8 Å². The lowest BCUT2D eigenvalue weighted by Crippen LogP contribution is -2.50. The van der Waals surface area contributed by atoms with E-state index < -0.39 is 0 Å². The van der Waals surface area contributed by atoms with Gasteiger partial charge in [-0.15, -0.1) is 11.3 Å². The van der Waals surface area contributed by atoms with E-state index in [1.165, 1.54) is 16.9 Å². The third kappa shape index (κ3) is 4.78. The molecule has 4 nitrogen and oxygen atoms in total. The van der Waals surface area contributed by atoms with E-state index in [1.54, 1.807) is 11.0 Å². The van der Waals surface area contributed by atoms with Crippen LogP contribution in [0.3, 0.4) is 0 Å². The molecule has 0 N–H and O–H groups in total. The van der Waals surface area contributed by atoms with Crippen molar-refractivity contribution in [2.75, 3.05) is 26.2 Å². The highest BCUT2D eigenvalue weighted by Gasteiger charge is 2.26. The van der Waals surface area contributed by atoms with Crippen LogP contribution in [0.15, 0.2) is 36.4 Å². The molecule has 26 heavy (non-hydrogen) atoms. The van der Waals surface area contributed by atoms with E-state index >= 15 is 0 Å². The van der Waals surface area contributed by atoms with Crippen molar-refractivity contribution in [2.45, 2.75) is 19.3 Å². The third-order valence-electron chi connectivity index (χ3n) is 4.51. The lowest BCUT2D eigenvalue weighted by Gasteiger charge is -2.34. The Morgan fingerprint density at radius 3 is 2.27 bits per heavy atom. The minimum atomic E-state index is -0.116. The van der Waals surface area contributed by atoms with Gasteiger partial charge in [0.2, 0.25) is 5.91 Å². The van der Waals surface area contributed by atoms with Crippen molar-refractivity contribution in [3.8, 4) is 0 Å². The zero-order valence-electron chi connectivity index (χ0n) is 14.3. The summed E-state index contributed by atoms with van der Waals surface area (Å²) in [6.07, 6.45) is 2.28. The second-order valence-corrected chi connectivity index (χ2v) is 8.54. The molecule has 1 aromatic carbocycles. The first-order valence-corrected chi connectivity index (χ1v) is 10.2. The van der Waals surface area contributed by atoms with Crippen LogP contribution >= 0.6 is 34.5 Å². The maximum absolute atomic E-state index is 12.5.